The smallest absolute Gasteiger partial charge is 0.236 e. The number of rotatable bonds is 5. The first-order chi connectivity index (χ1) is 16.0. The number of nitrogens with zero attached hydrogens (tertiary/aromatic N) is 4. The van der Waals surface area contributed by atoms with Crippen molar-refractivity contribution >= 4 is 11.6 Å². The topological polar surface area (TPSA) is 30.0 Å². The fourth-order valence-electron chi connectivity index (χ4n) is 5.13. The van der Waals surface area contributed by atoms with Crippen LogP contribution >= 0.6 is 0 Å². The summed E-state index contributed by atoms with van der Waals surface area (Å²) in [4.78, 5) is 21.9. The van der Waals surface area contributed by atoms with E-state index in [-0.39, 0.29) is 5.91 Å². The van der Waals surface area contributed by atoms with Gasteiger partial charge in [0, 0.05) is 70.2 Å². The lowest BCUT2D eigenvalue weighted by Crippen LogP contribution is -2.56. The number of hydrogen-bond acceptors (Lipinski definition) is 4. The van der Waals surface area contributed by atoms with Crippen molar-refractivity contribution in [3.05, 3.63) is 54.1 Å². The van der Waals surface area contributed by atoms with Gasteiger partial charge in [-0.1, -0.05) is 18.6 Å². The van der Waals surface area contributed by atoms with Gasteiger partial charge in [0.1, 0.15) is 11.6 Å². The van der Waals surface area contributed by atoms with E-state index >= 15 is 0 Å². The molecular weight excluding hydrogens is 422 g/mol. The molecule has 33 heavy (non-hydrogen) atoms. The van der Waals surface area contributed by atoms with Gasteiger partial charge < -0.3 is 9.80 Å². The first-order valence-corrected chi connectivity index (χ1v) is 12.1. The third kappa shape index (κ3) is 5.20. The number of piperazine rings is 2. The van der Waals surface area contributed by atoms with Gasteiger partial charge in [-0.3, -0.25) is 14.6 Å². The summed E-state index contributed by atoms with van der Waals surface area (Å²) in [5.41, 5.74) is 2.42. The summed E-state index contributed by atoms with van der Waals surface area (Å²) in [6, 6.07) is 12.2. The van der Waals surface area contributed by atoms with E-state index < -0.39 is 11.6 Å². The van der Waals surface area contributed by atoms with Gasteiger partial charge in [-0.15, -0.1) is 0 Å². The van der Waals surface area contributed by atoms with Gasteiger partial charge in [-0.05, 0) is 48.2 Å². The molecule has 0 aromatic heterocycles. The van der Waals surface area contributed by atoms with Crippen LogP contribution in [0.4, 0.5) is 14.5 Å². The molecule has 0 spiro atoms. The molecule has 2 saturated heterocycles. The molecule has 0 bridgehead atoms. The predicted octanol–water partition coefficient (Wildman–Crippen LogP) is 3.45. The van der Waals surface area contributed by atoms with Crippen LogP contribution in [0.15, 0.2) is 42.5 Å². The Bertz CT molecular complexity index is 943. The van der Waals surface area contributed by atoms with Gasteiger partial charge in [-0.2, -0.15) is 0 Å². The van der Waals surface area contributed by atoms with Crippen LogP contribution in [0.3, 0.4) is 0 Å². The van der Waals surface area contributed by atoms with Gasteiger partial charge in [0.15, 0.2) is 0 Å². The lowest BCUT2D eigenvalue weighted by atomic mass is 9.91. The number of carbonyl (C=O) groups is 1. The summed E-state index contributed by atoms with van der Waals surface area (Å²) in [6.45, 7) is 7.67. The van der Waals surface area contributed by atoms with Crippen LogP contribution in [0, 0.1) is 11.6 Å². The van der Waals surface area contributed by atoms with E-state index in [0.717, 1.165) is 75.7 Å². The van der Waals surface area contributed by atoms with Crippen molar-refractivity contribution in [2.75, 3.05) is 63.8 Å². The summed E-state index contributed by atoms with van der Waals surface area (Å²) in [7, 11) is 0. The Morgan fingerprint density at radius 2 is 1.42 bits per heavy atom. The van der Waals surface area contributed by atoms with E-state index in [9.17, 15) is 13.6 Å². The molecule has 1 amide bonds. The molecule has 1 aliphatic carbocycles. The van der Waals surface area contributed by atoms with Crippen LogP contribution in [0.1, 0.15) is 19.3 Å². The van der Waals surface area contributed by atoms with Crippen molar-refractivity contribution in [1.29, 1.82) is 0 Å². The van der Waals surface area contributed by atoms with Crippen LogP contribution in [-0.4, -0.2) is 85.6 Å². The molecule has 176 valence electrons. The Morgan fingerprint density at radius 3 is 2.00 bits per heavy atom. The molecule has 2 aromatic carbocycles. The van der Waals surface area contributed by atoms with Gasteiger partial charge >= 0.3 is 0 Å². The van der Waals surface area contributed by atoms with Crippen molar-refractivity contribution in [3.8, 4) is 11.1 Å². The first-order valence-electron chi connectivity index (χ1n) is 12.1. The maximum Gasteiger partial charge on any atom is 0.236 e. The van der Waals surface area contributed by atoms with Gasteiger partial charge in [0.05, 0.1) is 6.54 Å². The van der Waals surface area contributed by atoms with E-state index in [4.69, 9.17) is 0 Å². The van der Waals surface area contributed by atoms with Gasteiger partial charge in [-0.25, -0.2) is 8.78 Å². The van der Waals surface area contributed by atoms with E-state index in [1.54, 1.807) is 0 Å². The van der Waals surface area contributed by atoms with Gasteiger partial charge in [0.2, 0.25) is 5.91 Å². The Balaban J connectivity index is 1.09. The minimum atomic E-state index is -0.569. The Kier molecular flexibility index (Phi) is 6.60. The lowest BCUT2D eigenvalue weighted by Gasteiger charge is -2.43. The molecule has 0 unspecified atom stereocenters. The molecule has 5 rings (SSSR count). The molecule has 2 aliphatic heterocycles. The monoisotopic (exact) mass is 454 g/mol. The highest BCUT2D eigenvalue weighted by atomic mass is 19.1. The highest BCUT2D eigenvalue weighted by Gasteiger charge is 2.30. The standard InChI is InChI=1S/C26H32F2N4O/c27-22-16-21(17-23(28)18-22)20-4-6-25(7-5-20)30-10-8-29(9-11-30)19-26(33)32-14-12-31(13-15-32)24-2-1-3-24/h4-7,16-18,24H,1-3,8-15,19H2. The van der Waals surface area contributed by atoms with Crippen molar-refractivity contribution in [2.45, 2.75) is 25.3 Å². The number of carbonyl (C=O) groups excluding carboxylic acids is 1. The van der Waals surface area contributed by atoms with Crippen LogP contribution in [0.25, 0.3) is 11.1 Å². The summed E-state index contributed by atoms with van der Waals surface area (Å²) in [6.07, 6.45) is 4.00. The van der Waals surface area contributed by atoms with E-state index in [2.05, 4.69) is 14.7 Å². The molecule has 3 aliphatic rings. The normalized spacial score (nSPS) is 20.7. The Morgan fingerprint density at radius 1 is 0.788 bits per heavy atom. The third-order valence-corrected chi connectivity index (χ3v) is 7.42. The molecule has 3 fully saturated rings. The van der Waals surface area contributed by atoms with Gasteiger partial charge in [0.25, 0.3) is 0 Å². The summed E-state index contributed by atoms with van der Waals surface area (Å²) in [5, 5.41) is 0. The Hall–Kier alpha value is -2.51. The Labute approximate surface area is 194 Å². The fourth-order valence-corrected chi connectivity index (χ4v) is 5.13. The quantitative estimate of drug-likeness (QED) is 0.692. The van der Waals surface area contributed by atoms with E-state index in [0.29, 0.717) is 12.1 Å². The number of halogens is 2. The third-order valence-electron chi connectivity index (χ3n) is 7.42. The second-order valence-electron chi connectivity index (χ2n) is 9.47. The largest absolute Gasteiger partial charge is 0.369 e. The number of anilines is 1. The number of benzene rings is 2. The van der Waals surface area contributed by atoms with Crippen molar-refractivity contribution in [2.24, 2.45) is 0 Å². The van der Waals surface area contributed by atoms with Crippen LogP contribution in [0.5, 0.6) is 0 Å². The summed E-state index contributed by atoms with van der Waals surface area (Å²) >= 11 is 0. The van der Waals surface area contributed by atoms with Crippen molar-refractivity contribution in [1.82, 2.24) is 14.7 Å². The molecular formula is C26H32F2N4O. The minimum Gasteiger partial charge on any atom is -0.369 e. The maximum atomic E-state index is 13.5. The molecule has 7 heteroatoms. The first kappa shape index (κ1) is 22.3. The molecule has 5 nitrogen and oxygen atoms in total. The zero-order valence-electron chi connectivity index (χ0n) is 19.1. The second kappa shape index (κ2) is 9.77. The lowest BCUT2D eigenvalue weighted by molar-refractivity contribution is -0.134. The fraction of sp³-hybridized carbons (Fsp3) is 0.500. The zero-order chi connectivity index (χ0) is 22.8. The zero-order valence-corrected chi connectivity index (χ0v) is 19.1. The minimum absolute atomic E-state index is 0.253. The number of hydrogen-bond donors (Lipinski definition) is 0. The SMILES string of the molecule is O=C(CN1CCN(c2ccc(-c3cc(F)cc(F)c3)cc2)CC1)N1CCN(C2CCC2)CC1. The van der Waals surface area contributed by atoms with E-state index in [1.807, 2.05) is 29.2 Å². The highest BCUT2D eigenvalue weighted by Crippen LogP contribution is 2.26. The average Bonchev–Trinajstić information content (AvgIpc) is 2.78. The predicted molar refractivity (Wildman–Crippen MR) is 126 cm³/mol. The molecule has 1 saturated carbocycles. The van der Waals surface area contributed by atoms with Crippen LogP contribution in [0.2, 0.25) is 0 Å². The summed E-state index contributed by atoms with van der Waals surface area (Å²) in [5.74, 6) is -0.886. The highest BCUT2D eigenvalue weighted by molar-refractivity contribution is 5.78. The molecule has 2 heterocycles. The molecule has 0 radical (unpaired) electrons. The molecule has 0 atom stereocenters. The molecule has 2 aromatic rings. The number of amides is 1. The second-order valence-corrected chi connectivity index (χ2v) is 9.47. The van der Waals surface area contributed by atoms with Crippen molar-refractivity contribution in [3.63, 3.8) is 0 Å². The summed E-state index contributed by atoms with van der Waals surface area (Å²) < 4.78 is 27.0. The van der Waals surface area contributed by atoms with Crippen LogP contribution in [-0.2, 0) is 4.79 Å². The average molecular weight is 455 g/mol. The van der Waals surface area contributed by atoms with E-state index in [1.165, 1.54) is 31.4 Å². The van der Waals surface area contributed by atoms with Crippen LogP contribution < -0.4 is 4.90 Å². The maximum absolute atomic E-state index is 13.5. The molecule has 0 N–H and O–H groups in total. The van der Waals surface area contributed by atoms with Crippen molar-refractivity contribution < 1.29 is 13.6 Å².